The molecule has 0 fully saturated rings. The van der Waals surface area contributed by atoms with E-state index in [4.69, 9.17) is 5.26 Å². The topological polar surface area (TPSA) is 93.2 Å². The minimum atomic E-state index is -1.00. The Kier molecular flexibility index (Phi) is 3.15. The molecule has 0 N–H and O–H groups in total. The highest BCUT2D eigenvalue weighted by molar-refractivity contribution is 5.93. The Hall–Kier alpha value is -2.49. The molecule has 7 heteroatoms. The molecule has 0 saturated heterocycles. The first kappa shape index (κ1) is 11.6. The molecule has 0 radical (unpaired) electrons. The molecule has 0 bridgehead atoms. The smallest absolute Gasteiger partial charge is 0.339 e. The van der Waals surface area contributed by atoms with Crippen LogP contribution in [-0.4, -0.2) is 18.0 Å². The average Bonchev–Trinajstić information content (AvgIpc) is 2.26. The molecule has 0 aliphatic heterocycles. The van der Waals surface area contributed by atoms with Gasteiger partial charge >= 0.3 is 5.97 Å². The van der Waals surface area contributed by atoms with Crippen molar-refractivity contribution in [2.75, 3.05) is 7.11 Å². The molecule has 0 spiro atoms. The second-order valence-corrected chi connectivity index (χ2v) is 2.71. The Labute approximate surface area is 89.0 Å². The fourth-order valence-electron chi connectivity index (χ4n) is 1.12. The van der Waals surface area contributed by atoms with Crippen molar-refractivity contribution in [3.8, 4) is 6.07 Å². The number of hydrogen-bond acceptors (Lipinski definition) is 5. The van der Waals surface area contributed by atoms with E-state index in [1.807, 2.05) is 0 Å². The van der Waals surface area contributed by atoms with Gasteiger partial charge in [0.25, 0.3) is 5.69 Å². The number of esters is 1. The van der Waals surface area contributed by atoms with Crippen molar-refractivity contribution in [1.82, 2.24) is 0 Å². The molecule has 6 nitrogen and oxygen atoms in total. The molecular formula is C9H5FN2O4. The molecule has 0 amide bonds. The molecule has 1 aromatic carbocycles. The Morgan fingerprint density at radius 3 is 2.69 bits per heavy atom. The number of halogens is 1. The lowest BCUT2D eigenvalue weighted by Crippen LogP contribution is -2.07. The van der Waals surface area contributed by atoms with Crippen LogP contribution in [0.1, 0.15) is 15.9 Å². The highest BCUT2D eigenvalue weighted by Gasteiger charge is 2.24. The van der Waals surface area contributed by atoms with Gasteiger partial charge in [0.05, 0.1) is 23.7 Å². The molecule has 0 aromatic heterocycles. The third kappa shape index (κ3) is 1.95. The lowest BCUT2D eigenvalue weighted by Gasteiger charge is -2.02. The van der Waals surface area contributed by atoms with Gasteiger partial charge in [0.1, 0.15) is 17.4 Å². The van der Waals surface area contributed by atoms with Crippen molar-refractivity contribution in [3.05, 3.63) is 39.2 Å². The Bertz CT molecular complexity index is 507. The molecule has 0 saturated carbocycles. The number of hydrogen-bond donors (Lipinski definition) is 0. The molecule has 0 aliphatic carbocycles. The van der Waals surface area contributed by atoms with Crippen LogP contribution in [0.25, 0.3) is 0 Å². The average molecular weight is 224 g/mol. The first-order chi connectivity index (χ1) is 7.51. The standard InChI is InChI=1S/C9H5FN2O4/c1-16-9(13)6-2-5(10)3-8(12(14)15)7(6)4-11/h2-3H,1H3. The second-order valence-electron chi connectivity index (χ2n) is 2.71. The number of nitro groups is 1. The van der Waals surface area contributed by atoms with E-state index < -0.39 is 33.5 Å². The van der Waals surface area contributed by atoms with E-state index in [2.05, 4.69) is 4.74 Å². The van der Waals surface area contributed by atoms with Crippen LogP contribution in [0.2, 0.25) is 0 Å². The van der Waals surface area contributed by atoms with E-state index in [0.29, 0.717) is 6.07 Å². The summed E-state index contributed by atoms with van der Waals surface area (Å²) >= 11 is 0. The number of nitrogens with zero attached hydrogens (tertiary/aromatic N) is 2. The number of ether oxygens (including phenoxy) is 1. The number of benzene rings is 1. The normalized spacial score (nSPS) is 9.31. The maximum Gasteiger partial charge on any atom is 0.339 e. The van der Waals surface area contributed by atoms with Gasteiger partial charge in [-0.1, -0.05) is 0 Å². The maximum absolute atomic E-state index is 13.0. The lowest BCUT2D eigenvalue weighted by atomic mass is 10.1. The third-order valence-electron chi connectivity index (χ3n) is 1.80. The summed E-state index contributed by atoms with van der Waals surface area (Å²) in [7, 11) is 1.03. The van der Waals surface area contributed by atoms with E-state index in [1.165, 1.54) is 6.07 Å². The van der Waals surface area contributed by atoms with Gasteiger partial charge in [-0.3, -0.25) is 10.1 Å². The Balaban J connectivity index is 3.56. The van der Waals surface area contributed by atoms with Crippen molar-refractivity contribution in [2.45, 2.75) is 0 Å². The van der Waals surface area contributed by atoms with Gasteiger partial charge in [-0.25, -0.2) is 9.18 Å². The van der Waals surface area contributed by atoms with Gasteiger partial charge in [0, 0.05) is 0 Å². The van der Waals surface area contributed by atoms with Crippen LogP contribution in [0.5, 0.6) is 0 Å². The van der Waals surface area contributed by atoms with Gasteiger partial charge in [-0.15, -0.1) is 0 Å². The predicted molar refractivity (Wildman–Crippen MR) is 49.1 cm³/mol. The Morgan fingerprint density at radius 1 is 1.62 bits per heavy atom. The third-order valence-corrected chi connectivity index (χ3v) is 1.80. The zero-order chi connectivity index (χ0) is 12.3. The maximum atomic E-state index is 13.0. The second kappa shape index (κ2) is 4.35. The predicted octanol–water partition coefficient (Wildman–Crippen LogP) is 1.39. The molecule has 1 rings (SSSR count). The van der Waals surface area contributed by atoms with Gasteiger partial charge in [0.15, 0.2) is 0 Å². The molecule has 0 unspecified atom stereocenters. The highest BCUT2D eigenvalue weighted by Crippen LogP contribution is 2.23. The summed E-state index contributed by atoms with van der Waals surface area (Å²) in [6.07, 6.45) is 0. The van der Waals surface area contributed by atoms with E-state index in [-0.39, 0.29) is 0 Å². The Morgan fingerprint density at radius 2 is 2.25 bits per heavy atom. The van der Waals surface area contributed by atoms with Crippen molar-refractivity contribution in [1.29, 1.82) is 5.26 Å². The van der Waals surface area contributed by atoms with Crippen LogP contribution in [0, 0.1) is 27.3 Å². The van der Waals surface area contributed by atoms with Crippen molar-refractivity contribution in [2.24, 2.45) is 0 Å². The van der Waals surface area contributed by atoms with Crippen LogP contribution >= 0.6 is 0 Å². The van der Waals surface area contributed by atoms with E-state index in [0.717, 1.165) is 13.2 Å². The monoisotopic (exact) mass is 224 g/mol. The van der Waals surface area contributed by atoms with Gasteiger partial charge in [0.2, 0.25) is 0 Å². The number of methoxy groups -OCH3 is 1. The first-order valence-electron chi connectivity index (χ1n) is 3.97. The number of rotatable bonds is 2. The minimum absolute atomic E-state index is 0.461. The lowest BCUT2D eigenvalue weighted by molar-refractivity contribution is -0.385. The number of carbonyl (C=O) groups excluding carboxylic acids is 1. The van der Waals surface area contributed by atoms with Crippen LogP contribution in [0.15, 0.2) is 12.1 Å². The van der Waals surface area contributed by atoms with Crippen molar-refractivity contribution in [3.63, 3.8) is 0 Å². The summed E-state index contributed by atoms with van der Waals surface area (Å²) in [6, 6.07) is 2.77. The van der Waals surface area contributed by atoms with Crippen LogP contribution < -0.4 is 0 Å². The van der Waals surface area contributed by atoms with Crippen LogP contribution in [0.4, 0.5) is 10.1 Å². The molecule has 0 atom stereocenters. The summed E-state index contributed by atoms with van der Waals surface area (Å²) < 4.78 is 17.3. The molecular weight excluding hydrogens is 219 g/mol. The SMILES string of the molecule is COC(=O)c1cc(F)cc([N+](=O)[O-])c1C#N. The van der Waals surface area contributed by atoms with E-state index in [9.17, 15) is 19.3 Å². The summed E-state index contributed by atoms with van der Waals surface area (Å²) in [6.45, 7) is 0. The molecule has 0 heterocycles. The van der Waals surface area contributed by atoms with E-state index >= 15 is 0 Å². The van der Waals surface area contributed by atoms with Crippen molar-refractivity contribution < 1.29 is 18.8 Å². The highest BCUT2D eigenvalue weighted by atomic mass is 19.1. The van der Waals surface area contributed by atoms with Crippen LogP contribution in [0.3, 0.4) is 0 Å². The fraction of sp³-hybridized carbons (Fsp3) is 0.111. The number of carbonyl (C=O) groups is 1. The largest absolute Gasteiger partial charge is 0.465 e. The van der Waals surface area contributed by atoms with E-state index in [1.54, 1.807) is 0 Å². The first-order valence-corrected chi connectivity index (χ1v) is 3.97. The zero-order valence-corrected chi connectivity index (χ0v) is 8.06. The molecule has 1 aromatic rings. The molecule has 16 heavy (non-hydrogen) atoms. The number of nitro benzene ring substituents is 1. The number of nitriles is 1. The van der Waals surface area contributed by atoms with Crippen LogP contribution in [-0.2, 0) is 4.74 Å². The van der Waals surface area contributed by atoms with Gasteiger partial charge in [-0.05, 0) is 6.07 Å². The quantitative estimate of drug-likeness (QED) is 0.430. The summed E-state index contributed by atoms with van der Waals surface area (Å²) in [4.78, 5) is 20.8. The molecule has 82 valence electrons. The fourth-order valence-corrected chi connectivity index (χ4v) is 1.12. The molecule has 0 aliphatic rings. The summed E-state index contributed by atoms with van der Waals surface area (Å²) in [5.74, 6) is -1.98. The zero-order valence-electron chi connectivity index (χ0n) is 8.06. The van der Waals surface area contributed by atoms with Gasteiger partial charge in [-0.2, -0.15) is 5.26 Å². The minimum Gasteiger partial charge on any atom is -0.465 e. The van der Waals surface area contributed by atoms with Crippen molar-refractivity contribution >= 4 is 11.7 Å². The van der Waals surface area contributed by atoms with Gasteiger partial charge < -0.3 is 4.74 Å². The summed E-state index contributed by atoms with van der Waals surface area (Å²) in [5, 5.41) is 19.2. The summed E-state index contributed by atoms with van der Waals surface area (Å²) in [5.41, 5.74) is -1.74.